The molecule has 6 nitrogen and oxygen atoms in total. The summed E-state index contributed by atoms with van der Waals surface area (Å²) in [7, 11) is 1.57. The third-order valence-electron chi connectivity index (χ3n) is 2.80. The third-order valence-corrected chi connectivity index (χ3v) is 2.80. The summed E-state index contributed by atoms with van der Waals surface area (Å²) in [5.41, 5.74) is 3.22. The molecule has 0 saturated carbocycles. The minimum atomic E-state index is -0.682. The first kappa shape index (κ1) is 15.5. The van der Waals surface area contributed by atoms with Gasteiger partial charge in [0.15, 0.2) is 6.10 Å². The van der Waals surface area contributed by atoms with Crippen molar-refractivity contribution < 1.29 is 14.3 Å². The van der Waals surface area contributed by atoms with Gasteiger partial charge < -0.3 is 9.47 Å². The Labute approximate surface area is 128 Å². The molecule has 1 aromatic carbocycles. The summed E-state index contributed by atoms with van der Waals surface area (Å²) < 4.78 is 10.6. The van der Waals surface area contributed by atoms with Crippen molar-refractivity contribution in [3.63, 3.8) is 0 Å². The van der Waals surface area contributed by atoms with Gasteiger partial charge in [-0.2, -0.15) is 5.10 Å². The van der Waals surface area contributed by atoms with Crippen LogP contribution in [0.4, 0.5) is 0 Å². The lowest BCUT2D eigenvalue weighted by molar-refractivity contribution is -0.127. The van der Waals surface area contributed by atoms with Crippen LogP contribution in [0, 0.1) is 0 Å². The van der Waals surface area contributed by atoms with E-state index in [1.807, 2.05) is 6.07 Å². The molecule has 1 unspecified atom stereocenters. The zero-order chi connectivity index (χ0) is 15.8. The summed E-state index contributed by atoms with van der Waals surface area (Å²) in [5, 5.41) is 3.87. The number of benzene rings is 1. The molecule has 0 aliphatic rings. The molecule has 22 heavy (non-hydrogen) atoms. The van der Waals surface area contributed by atoms with Crippen LogP contribution in [0.5, 0.6) is 11.5 Å². The molecule has 1 atom stereocenters. The SMILES string of the molecule is COc1cccc(OC(C)C(=O)N/N=C/c2cccnc2)c1. The summed E-state index contributed by atoms with van der Waals surface area (Å²) in [6.45, 7) is 1.65. The van der Waals surface area contributed by atoms with Gasteiger partial charge >= 0.3 is 0 Å². The predicted octanol–water partition coefficient (Wildman–Crippen LogP) is 2.01. The number of aromatic nitrogens is 1. The third kappa shape index (κ3) is 4.59. The van der Waals surface area contributed by atoms with Crippen LogP contribution < -0.4 is 14.9 Å². The molecule has 0 radical (unpaired) electrons. The van der Waals surface area contributed by atoms with Crippen LogP contribution in [0.15, 0.2) is 53.9 Å². The predicted molar refractivity (Wildman–Crippen MR) is 83.1 cm³/mol. The van der Waals surface area contributed by atoms with E-state index in [1.165, 1.54) is 6.21 Å². The number of hydrogen-bond donors (Lipinski definition) is 1. The van der Waals surface area contributed by atoms with E-state index < -0.39 is 6.10 Å². The summed E-state index contributed by atoms with van der Waals surface area (Å²) in [6, 6.07) is 10.7. The monoisotopic (exact) mass is 299 g/mol. The molecule has 1 aromatic heterocycles. The highest BCUT2D eigenvalue weighted by Crippen LogP contribution is 2.19. The maximum Gasteiger partial charge on any atom is 0.280 e. The zero-order valence-corrected chi connectivity index (χ0v) is 12.4. The molecule has 0 spiro atoms. The van der Waals surface area contributed by atoms with Gasteiger partial charge in [-0.15, -0.1) is 0 Å². The quantitative estimate of drug-likeness (QED) is 0.654. The van der Waals surface area contributed by atoms with Gasteiger partial charge in [0.05, 0.1) is 13.3 Å². The number of hydrogen-bond acceptors (Lipinski definition) is 5. The topological polar surface area (TPSA) is 72.8 Å². The average molecular weight is 299 g/mol. The highest BCUT2D eigenvalue weighted by atomic mass is 16.5. The van der Waals surface area contributed by atoms with Crippen LogP contribution in [0.2, 0.25) is 0 Å². The Morgan fingerprint density at radius 3 is 2.86 bits per heavy atom. The maximum atomic E-state index is 11.9. The summed E-state index contributed by atoms with van der Waals surface area (Å²) in [6.07, 6.45) is 4.15. The van der Waals surface area contributed by atoms with E-state index in [9.17, 15) is 4.79 Å². The molecule has 1 amide bonds. The fraction of sp³-hybridized carbons (Fsp3) is 0.188. The fourth-order valence-electron chi connectivity index (χ4n) is 1.65. The number of nitrogens with zero attached hydrogens (tertiary/aromatic N) is 2. The van der Waals surface area contributed by atoms with Crippen molar-refractivity contribution in [2.75, 3.05) is 7.11 Å². The Morgan fingerprint density at radius 2 is 2.14 bits per heavy atom. The van der Waals surface area contributed by atoms with Crippen molar-refractivity contribution in [1.82, 2.24) is 10.4 Å². The summed E-state index contributed by atoms with van der Waals surface area (Å²) in [5.74, 6) is 0.876. The largest absolute Gasteiger partial charge is 0.497 e. The van der Waals surface area contributed by atoms with Crippen LogP contribution >= 0.6 is 0 Å². The second kappa shape index (κ2) is 7.78. The lowest BCUT2D eigenvalue weighted by Crippen LogP contribution is -2.33. The minimum absolute atomic E-state index is 0.344. The molecular weight excluding hydrogens is 282 g/mol. The maximum absolute atomic E-state index is 11.9. The van der Waals surface area contributed by atoms with E-state index >= 15 is 0 Å². The van der Waals surface area contributed by atoms with Gasteiger partial charge in [-0.25, -0.2) is 5.43 Å². The van der Waals surface area contributed by atoms with E-state index in [2.05, 4.69) is 15.5 Å². The van der Waals surface area contributed by atoms with E-state index in [1.54, 1.807) is 56.8 Å². The van der Waals surface area contributed by atoms with Gasteiger partial charge in [0.1, 0.15) is 11.5 Å². The molecule has 1 N–H and O–H groups in total. The number of carbonyl (C=O) groups is 1. The summed E-state index contributed by atoms with van der Waals surface area (Å²) in [4.78, 5) is 15.8. The number of pyridine rings is 1. The zero-order valence-electron chi connectivity index (χ0n) is 12.4. The Kier molecular flexibility index (Phi) is 5.48. The number of methoxy groups -OCH3 is 1. The molecule has 0 aliphatic carbocycles. The Morgan fingerprint density at radius 1 is 1.32 bits per heavy atom. The van der Waals surface area contributed by atoms with Crippen LogP contribution in [0.3, 0.4) is 0 Å². The van der Waals surface area contributed by atoms with Gasteiger partial charge in [0, 0.05) is 24.0 Å². The number of hydrazone groups is 1. The number of carbonyl (C=O) groups excluding carboxylic acids is 1. The Balaban J connectivity index is 1.88. The van der Waals surface area contributed by atoms with Gasteiger partial charge in [-0.05, 0) is 25.1 Å². The fourth-order valence-corrected chi connectivity index (χ4v) is 1.65. The van der Waals surface area contributed by atoms with Crippen LogP contribution in [-0.4, -0.2) is 30.3 Å². The van der Waals surface area contributed by atoms with Gasteiger partial charge in [0.25, 0.3) is 5.91 Å². The minimum Gasteiger partial charge on any atom is -0.497 e. The van der Waals surface area contributed by atoms with Crippen LogP contribution in [-0.2, 0) is 4.79 Å². The van der Waals surface area contributed by atoms with Gasteiger partial charge in [-0.1, -0.05) is 12.1 Å². The molecule has 114 valence electrons. The molecule has 0 bridgehead atoms. The second-order valence-corrected chi connectivity index (χ2v) is 4.46. The highest BCUT2D eigenvalue weighted by molar-refractivity contribution is 5.84. The van der Waals surface area contributed by atoms with Crippen molar-refractivity contribution in [1.29, 1.82) is 0 Å². The number of rotatable bonds is 6. The molecule has 2 rings (SSSR count). The first-order chi connectivity index (χ1) is 10.7. The molecule has 0 aliphatic heterocycles. The second-order valence-electron chi connectivity index (χ2n) is 4.46. The number of ether oxygens (including phenoxy) is 2. The Bertz CT molecular complexity index is 644. The summed E-state index contributed by atoms with van der Waals surface area (Å²) >= 11 is 0. The van der Waals surface area contributed by atoms with E-state index in [0.717, 1.165) is 5.56 Å². The average Bonchev–Trinajstić information content (AvgIpc) is 2.56. The van der Waals surface area contributed by atoms with Crippen molar-refractivity contribution in [3.05, 3.63) is 54.4 Å². The van der Waals surface area contributed by atoms with Crippen LogP contribution in [0.1, 0.15) is 12.5 Å². The van der Waals surface area contributed by atoms with Crippen molar-refractivity contribution in [2.45, 2.75) is 13.0 Å². The highest BCUT2D eigenvalue weighted by Gasteiger charge is 2.14. The van der Waals surface area contributed by atoms with Gasteiger partial charge in [0.2, 0.25) is 0 Å². The Hall–Kier alpha value is -2.89. The lowest BCUT2D eigenvalue weighted by atomic mass is 10.3. The lowest BCUT2D eigenvalue weighted by Gasteiger charge is -2.13. The molecule has 1 heterocycles. The first-order valence-electron chi connectivity index (χ1n) is 6.72. The molecule has 6 heteroatoms. The van der Waals surface area contributed by atoms with E-state index in [4.69, 9.17) is 9.47 Å². The first-order valence-corrected chi connectivity index (χ1v) is 6.72. The van der Waals surface area contributed by atoms with Crippen molar-refractivity contribution >= 4 is 12.1 Å². The molecular formula is C16H17N3O3. The van der Waals surface area contributed by atoms with Gasteiger partial charge in [-0.3, -0.25) is 9.78 Å². The molecule has 0 fully saturated rings. The standard InChI is InChI=1S/C16H17N3O3/c1-12(22-15-7-3-6-14(9-15)21-2)16(20)19-18-11-13-5-4-8-17-10-13/h3-12H,1-2H3,(H,19,20)/b18-11+. The van der Waals surface area contributed by atoms with Crippen molar-refractivity contribution in [3.8, 4) is 11.5 Å². The van der Waals surface area contributed by atoms with Crippen molar-refractivity contribution in [2.24, 2.45) is 5.10 Å². The number of amides is 1. The molecule has 0 saturated heterocycles. The van der Waals surface area contributed by atoms with E-state index in [-0.39, 0.29) is 5.91 Å². The normalized spacial score (nSPS) is 11.9. The smallest absolute Gasteiger partial charge is 0.280 e. The van der Waals surface area contributed by atoms with Crippen LogP contribution in [0.25, 0.3) is 0 Å². The number of nitrogens with one attached hydrogen (secondary N) is 1. The van der Waals surface area contributed by atoms with E-state index in [0.29, 0.717) is 11.5 Å². The molecule has 2 aromatic rings.